The van der Waals surface area contributed by atoms with Gasteiger partial charge in [-0.1, -0.05) is 36.2 Å². The van der Waals surface area contributed by atoms with Gasteiger partial charge >= 0.3 is 0 Å². The van der Waals surface area contributed by atoms with Crippen molar-refractivity contribution in [3.05, 3.63) is 35.4 Å². The van der Waals surface area contributed by atoms with Gasteiger partial charge in [0.15, 0.2) is 5.78 Å². The highest BCUT2D eigenvalue weighted by Gasteiger charge is 2.12. The summed E-state index contributed by atoms with van der Waals surface area (Å²) in [7, 11) is 0. The Kier molecular flexibility index (Phi) is 4.32. The minimum Gasteiger partial charge on any atom is -0.303 e. The van der Waals surface area contributed by atoms with Crippen LogP contribution in [0.4, 0.5) is 0 Å². The van der Waals surface area contributed by atoms with E-state index in [2.05, 4.69) is 4.90 Å². The zero-order valence-corrected chi connectivity index (χ0v) is 10.6. The van der Waals surface area contributed by atoms with Gasteiger partial charge in [0, 0.05) is 18.5 Å². The highest BCUT2D eigenvalue weighted by molar-refractivity contribution is 5.96. The Morgan fingerprint density at radius 3 is 2.41 bits per heavy atom. The highest BCUT2D eigenvalue weighted by atomic mass is 16.1. The summed E-state index contributed by atoms with van der Waals surface area (Å²) in [5, 5.41) is 0. The molecule has 0 aromatic heterocycles. The van der Waals surface area contributed by atoms with Crippen LogP contribution in [0.15, 0.2) is 24.3 Å². The number of ketones is 1. The summed E-state index contributed by atoms with van der Waals surface area (Å²) in [6, 6.07) is 7.89. The van der Waals surface area contributed by atoms with Gasteiger partial charge in [-0.3, -0.25) is 4.79 Å². The third kappa shape index (κ3) is 3.67. The van der Waals surface area contributed by atoms with E-state index in [1.54, 1.807) is 0 Å². The fourth-order valence-electron chi connectivity index (χ4n) is 2.33. The largest absolute Gasteiger partial charge is 0.303 e. The van der Waals surface area contributed by atoms with Crippen molar-refractivity contribution in [1.82, 2.24) is 4.90 Å². The predicted molar refractivity (Wildman–Crippen MR) is 70.4 cm³/mol. The predicted octanol–water partition coefficient (Wildman–Crippen LogP) is 3.05. The van der Waals surface area contributed by atoms with Crippen LogP contribution in [0.1, 0.15) is 41.6 Å². The molecule has 1 heterocycles. The summed E-state index contributed by atoms with van der Waals surface area (Å²) < 4.78 is 0. The first kappa shape index (κ1) is 12.3. The molecule has 0 amide bonds. The van der Waals surface area contributed by atoms with E-state index in [0.717, 1.165) is 12.1 Å². The first-order valence-corrected chi connectivity index (χ1v) is 6.58. The summed E-state index contributed by atoms with van der Waals surface area (Å²) in [4.78, 5) is 14.4. The molecule has 0 aliphatic carbocycles. The van der Waals surface area contributed by atoms with Gasteiger partial charge in [-0.05, 0) is 32.9 Å². The Hall–Kier alpha value is -1.15. The average Bonchev–Trinajstić information content (AvgIpc) is 2.38. The molecule has 1 fully saturated rings. The van der Waals surface area contributed by atoms with Gasteiger partial charge in [0.1, 0.15) is 0 Å². The summed E-state index contributed by atoms with van der Waals surface area (Å²) in [5.74, 6) is 0.274. The van der Waals surface area contributed by atoms with E-state index in [1.807, 2.05) is 31.2 Å². The number of aryl methyl sites for hydroxylation is 1. The molecule has 0 radical (unpaired) electrons. The molecule has 17 heavy (non-hydrogen) atoms. The molecule has 0 N–H and O–H groups in total. The summed E-state index contributed by atoms with van der Waals surface area (Å²) >= 11 is 0. The Morgan fingerprint density at radius 2 is 1.76 bits per heavy atom. The molecule has 0 saturated carbocycles. The fourth-order valence-corrected chi connectivity index (χ4v) is 2.33. The normalized spacial score (nSPS) is 17.0. The van der Waals surface area contributed by atoms with Gasteiger partial charge in [-0.15, -0.1) is 0 Å². The average molecular weight is 231 g/mol. The van der Waals surface area contributed by atoms with Gasteiger partial charge in [0.25, 0.3) is 0 Å². The van der Waals surface area contributed by atoms with Crippen LogP contribution < -0.4 is 0 Å². The lowest BCUT2D eigenvalue weighted by atomic mass is 10.1. The third-order valence-corrected chi connectivity index (χ3v) is 3.48. The lowest BCUT2D eigenvalue weighted by Crippen LogP contribution is -2.31. The Labute approximate surface area is 104 Å². The minimum absolute atomic E-state index is 0.274. The Bertz CT molecular complexity index is 363. The standard InChI is InChI=1S/C15H21NO/c1-13-5-7-14(8-6-13)15(17)9-12-16-10-3-2-4-11-16/h5-8H,2-4,9-12H2,1H3. The van der Waals surface area contributed by atoms with Crippen LogP contribution in [0.5, 0.6) is 0 Å². The van der Waals surface area contributed by atoms with Crippen LogP contribution in [0, 0.1) is 6.92 Å². The smallest absolute Gasteiger partial charge is 0.164 e. The van der Waals surface area contributed by atoms with Gasteiger partial charge < -0.3 is 4.90 Å². The number of Topliss-reactive ketones (excluding diaryl/α,β-unsaturated/α-hetero) is 1. The number of carbonyl (C=O) groups excluding carboxylic acids is 1. The lowest BCUT2D eigenvalue weighted by molar-refractivity contribution is 0.0958. The number of hydrogen-bond acceptors (Lipinski definition) is 2. The monoisotopic (exact) mass is 231 g/mol. The van der Waals surface area contributed by atoms with Crippen molar-refractivity contribution in [2.75, 3.05) is 19.6 Å². The SMILES string of the molecule is Cc1ccc(C(=O)CCN2CCCCC2)cc1. The number of piperidine rings is 1. The van der Waals surface area contributed by atoms with E-state index in [0.29, 0.717) is 6.42 Å². The molecule has 1 aromatic rings. The van der Waals surface area contributed by atoms with Crippen molar-refractivity contribution >= 4 is 5.78 Å². The van der Waals surface area contributed by atoms with Crippen molar-refractivity contribution < 1.29 is 4.79 Å². The highest BCUT2D eigenvalue weighted by Crippen LogP contribution is 2.11. The molecule has 0 spiro atoms. The fraction of sp³-hybridized carbons (Fsp3) is 0.533. The summed E-state index contributed by atoms with van der Waals surface area (Å²) in [6.07, 6.45) is 4.59. The second-order valence-electron chi connectivity index (χ2n) is 4.94. The zero-order valence-electron chi connectivity index (χ0n) is 10.6. The molecule has 1 aromatic carbocycles. The van der Waals surface area contributed by atoms with Crippen LogP contribution in [0.2, 0.25) is 0 Å². The van der Waals surface area contributed by atoms with Gasteiger partial charge in [-0.2, -0.15) is 0 Å². The van der Waals surface area contributed by atoms with Crippen LogP contribution in [0.3, 0.4) is 0 Å². The van der Waals surface area contributed by atoms with E-state index in [-0.39, 0.29) is 5.78 Å². The quantitative estimate of drug-likeness (QED) is 0.742. The van der Waals surface area contributed by atoms with Gasteiger partial charge in [-0.25, -0.2) is 0 Å². The number of likely N-dealkylation sites (tertiary alicyclic amines) is 1. The molecule has 1 aliphatic heterocycles. The zero-order chi connectivity index (χ0) is 12.1. The molecule has 92 valence electrons. The van der Waals surface area contributed by atoms with Crippen LogP contribution in [0.25, 0.3) is 0 Å². The van der Waals surface area contributed by atoms with E-state index in [4.69, 9.17) is 0 Å². The first-order chi connectivity index (χ1) is 8.25. The molecule has 1 saturated heterocycles. The number of hydrogen-bond donors (Lipinski definition) is 0. The number of benzene rings is 1. The van der Waals surface area contributed by atoms with Gasteiger partial charge in [0.2, 0.25) is 0 Å². The van der Waals surface area contributed by atoms with E-state index in [9.17, 15) is 4.79 Å². The van der Waals surface area contributed by atoms with Crippen molar-refractivity contribution in [1.29, 1.82) is 0 Å². The first-order valence-electron chi connectivity index (χ1n) is 6.58. The van der Waals surface area contributed by atoms with E-state index >= 15 is 0 Å². The number of rotatable bonds is 4. The lowest BCUT2D eigenvalue weighted by Gasteiger charge is -2.25. The summed E-state index contributed by atoms with van der Waals surface area (Å²) in [6.45, 7) is 5.30. The van der Waals surface area contributed by atoms with Crippen molar-refractivity contribution in [3.63, 3.8) is 0 Å². The Balaban J connectivity index is 1.82. The molecular weight excluding hydrogens is 210 g/mol. The maximum atomic E-state index is 12.0. The third-order valence-electron chi connectivity index (χ3n) is 3.48. The second-order valence-corrected chi connectivity index (χ2v) is 4.94. The topological polar surface area (TPSA) is 20.3 Å². The second kappa shape index (κ2) is 5.97. The van der Waals surface area contributed by atoms with Crippen molar-refractivity contribution in [2.24, 2.45) is 0 Å². The van der Waals surface area contributed by atoms with Crippen molar-refractivity contribution in [3.8, 4) is 0 Å². The number of nitrogens with zero attached hydrogens (tertiary/aromatic N) is 1. The molecule has 0 unspecified atom stereocenters. The van der Waals surface area contributed by atoms with Crippen LogP contribution >= 0.6 is 0 Å². The van der Waals surface area contributed by atoms with Crippen molar-refractivity contribution in [2.45, 2.75) is 32.6 Å². The summed E-state index contributed by atoms with van der Waals surface area (Å²) in [5.41, 5.74) is 2.06. The molecule has 0 atom stereocenters. The molecule has 0 bridgehead atoms. The van der Waals surface area contributed by atoms with E-state index in [1.165, 1.54) is 37.9 Å². The molecule has 2 nitrogen and oxygen atoms in total. The Morgan fingerprint density at radius 1 is 1.12 bits per heavy atom. The van der Waals surface area contributed by atoms with Crippen LogP contribution in [-0.4, -0.2) is 30.3 Å². The molecule has 1 aliphatic rings. The van der Waals surface area contributed by atoms with Crippen LogP contribution in [-0.2, 0) is 0 Å². The molecule has 2 heteroatoms. The van der Waals surface area contributed by atoms with Gasteiger partial charge in [0.05, 0.1) is 0 Å². The molecule has 2 rings (SSSR count). The number of carbonyl (C=O) groups is 1. The maximum absolute atomic E-state index is 12.0. The minimum atomic E-state index is 0.274. The maximum Gasteiger partial charge on any atom is 0.164 e. The van der Waals surface area contributed by atoms with E-state index < -0.39 is 0 Å². The molecular formula is C15H21NO.